The molecule has 0 bridgehead atoms. The number of thiophene rings is 1. The van der Waals surface area contributed by atoms with Crippen LogP contribution < -0.4 is 0 Å². The number of furan rings is 1. The maximum absolute atomic E-state index is 6.19. The van der Waals surface area contributed by atoms with Gasteiger partial charge >= 0.3 is 0 Å². The van der Waals surface area contributed by atoms with Gasteiger partial charge in [-0.1, -0.05) is 58.9 Å². The number of benzene rings is 3. The predicted molar refractivity (Wildman–Crippen MR) is 150 cm³/mol. The lowest BCUT2D eigenvalue weighted by atomic mass is 9.82. The van der Waals surface area contributed by atoms with Gasteiger partial charge in [0, 0.05) is 32.0 Å². The zero-order valence-electron chi connectivity index (χ0n) is 21.2. The van der Waals surface area contributed by atoms with E-state index in [2.05, 4.69) is 90.1 Å². The molecule has 0 atom stereocenters. The molecule has 0 N–H and O–H groups in total. The Bertz CT molecular complexity index is 1750. The SMILES string of the molecule is Cc1oc2ccc3c(sc4ncnc(-c5cc(C(C)(C)C)c6ccccc6c5)c43)c2c1CC(C)C. The first kappa shape index (κ1) is 22.2. The molecule has 0 saturated heterocycles. The van der Waals surface area contributed by atoms with Gasteiger partial charge in [-0.05, 0) is 65.3 Å². The number of fused-ring (bicyclic) bond motifs is 6. The van der Waals surface area contributed by atoms with Crippen LogP contribution >= 0.6 is 11.3 Å². The zero-order valence-corrected chi connectivity index (χ0v) is 22.0. The summed E-state index contributed by atoms with van der Waals surface area (Å²) in [5, 5.41) is 6.14. The molecule has 0 aliphatic rings. The summed E-state index contributed by atoms with van der Waals surface area (Å²) in [6.07, 6.45) is 2.72. The van der Waals surface area contributed by atoms with Crippen LogP contribution in [0.2, 0.25) is 0 Å². The van der Waals surface area contributed by atoms with E-state index in [1.54, 1.807) is 17.7 Å². The second-order valence-corrected chi connectivity index (χ2v) is 12.0. The number of aromatic nitrogens is 2. The average molecular weight is 479 g/mol. The Hall–Kier alpha value is -3.24. The van der Waals surface area contributed by atoms with E-state index < -0.39 is 0 Å². The van der Waals surface area contributed by atoms with E-state index in [-0.39, 0.29) is 5.41 Å². The fraction of sp³-hybridized carbons (Fsp3) is 0.290. The molecule has 0 fully saturated rings. The summed E-state index contributed by atoms with van der Waals surface area (Å²) < 4.78 is 7.44. The lowest BCUT2D eigenvalue weighted by Crippen LogP contribution is -2.12. The summed E-state index contributed by atoms with van der Waals surface area (Å²) in [5.74, 6) is 1.58. The van der Waals surface area contributed by atoms with Crippen LogP contribution in [-0.4, -0.2) is 9.97 Å². The smallest absolute Gasteiger partial charge is 0.136 e. The molecular formula is C31H30N2OS. The van der Waals surface area contributed by atoms with Crippen LogP contribution in [0.4, 0.5) is 0 Å². The van der Waals surface area contributed by atoms with Gasteiger partial charge in [0.15, 0.2) is 0 Å². The summed E-state index contributed by atoms with van der Waals surface area (Å²) in [7, 11) is 0. The largest absolute Gasteiger partial charge is 0.461 e. The third kappa shape index (κ3) is 3.54. The van der Waals surface area contributed by atoms with Crippen LogP contribution in [-0.2, 0) is 11.8 Å². The van der Waals surface area contributed by atoms with Crippen LogP contribution in [0.25, 0.3) is 53.3 Å². The molecule has 3 nitrogen and oxygen atoms in total. The van der Waals surface area contributed by atoms with Crippen molar-refractivity contribution in [3.05, 3.63) is 71.7 Å². The van der Waals surface area contributed by atoms with Crippen molar-refractivity contribution in [2.45, 2.75) is 53.4 Å². The molecule has 3 aromatic carbocycles. The monoisotopic (exact) mass is 478 g/mol. The van der Waals surface area contributed by atoms with E-state index in [1.807, 2.05) is 0 Å². The molecule has 3 aromatic heterocycles. The maximum Gasteiger partial charge on any atom is 0.136 e. The molecule has 6 rings (SSSR count). The van der Waals surface area contributed by atoms with Crippen molar-refractivity contribution in [2.24, 2.45) is 5.92 Å². The van der Waals surface area contributed by atoms with E-state index >= 15 is 0 Å². The van der Waals surface area contributed by atoms with Gasteiger partial charge in [0.2, 0.25) is 0 Å². The van der Waals surface area contributed by atoms with E-state index in [0.717, 1.165) is 39.2 Å². The first-order chi connectivity index (χ1) is 16.7. The molecule has 6 aromatic rings. The third-order valence-electron chi connectivity index (χ3n) is 6.95. The molecule has 0 aliphatic heterocycles. The molecular weight excluding hydrogens is 448 g/mol. The molecule has 35 heavy (non-hydrogen) atoms. The van der Waals surface area contributed by atoms with Crippen LogP contribution in [0.15, 0.2) is 59.3 Å². The van der Waals surface area contributed by atoms with Gasteiger partial charge in [0.05, 0.1) is 5.69 Å². The lowest BCUT2D eigenvalue weighted by Gasteiger charge is -2.22. The summed E-state index contributed by atoms with van der Waals surface area (Å²) in [6.45, 7) is 13.5. The highest BCUT2D eigenvalue weighted by Gasteiger charge is 2.22. The Labute approximate surface area is 209 Å². The minimum absolute atomic E-state index is 0.0186. The number of hydrogen-bond donors (Lipinski definition) is 0. The predicted octanol–water partition coefficient (Wildman–Crippen LogP) is 9.22. The van der Waals surface area contributed by atoms with Crippen molar-refractivity contribution >= 4 is 53.4 Å². The standard InChI is InChI=1S/C31H30N2OS/c1-17(2)13-23-18(3)34-25-12-11-22-27-28(32-16-33-30(27)35-29(22)26(23)25)20-14-19-9-7-8-10-21(19)24(15-20)31(4,5)6/h7-12,14-17H,13H2,1-6H3. The van der Waals surface area contributed by atoms with Crippen molar-refractivity contribution in [3.8, 4) is 11.3 Å². The van der Waals surface area contributed by atoms with Crippen LogP contribution in [0.3, 0.4) is 0 Å². The minimum Gasteiger partial charge on any atom is -0.461 e. The molecule has 0 aliphatic carbocycles. The Balaban J connectivity index is 1.69. The molecule has 176 valence electrons. The molecule has 0 unspecified atom stereocenters. The van der Waals surface area contributed by atoms with E-state index in [1.165, 1.54) is 37.4 Å². The highest BCUT2D eigenvalue weighted by Crippen LogP contribution is 2.44. The van der Waals surface area contributed by atoms with Crippen molar-refractivity contribution in [1.82, 2.24) is 9.97 Å². The van der Waals surface area contributed by atoms with Gasteiger partial charge in [-0.3, -0.25) is 0 Å². The average Bonchev–Trinajstić information content (AvgIpc) is 3.34. The van der Waals surface area contributed by atoms with E-state index in [4.69, 9.17) is 14.4 Å². The van der Waals surface area contributed by atoms with Crippen molar-refractivity contribution in [1.29, 1.82) is 0 Å². The molecule has 4 heteroatoms. The van der Waals surface area contributed by atoms with Gasteiger partial charge in [-0.25, -0.2) is 9.97 Å². The summed E-state index contributed by atoms with van der Waals surface area (Å²) in [4.78, 5) is 10.6. The van der Waals surface area contributed by atoms with Gasteiger partial charge in [0.1, 0.15) is 22.5 Å². The van der Waals surface area contributed by atoms with Crippen molar-refractivity contribution in [2.75, 3.05) is 0 Å². The minimum atomic E-state index is 0.0186. The van der Waals surface area contributed by atoms with Crippen molar-refractivity contribution < 1.29 is 4.42 Å². The van der Waals surface area contributed by atoms with Crippen LogP contribution in [0, 0.1) is 12.8 Å². The number of hydrogen-bond acceptors (Lipinski definition) is 4. The van der Waals surface area contributed by atoms with Gasteiger partial charge in [-0.2, -0.15) is 0 Å². The Morgan fingerprint density at radius 3 is 2.51 bits per heavy atom. The molecule has 0 radical (unpaired) electrons. The highest BCUT2D eigenvalue weighted by atomic mass is 32.1. The van der Waals surface area contributed by atoms with Gasteiger partial charge < -0.3 is 4.42 Å². The topological polar surface area (TPSA) is 38.9 Å². The molecule has 0 saturated carbocycles. The van der Waals surface area contributed by atoms with E-state index in [9.17, 15) is 0 Å². The number of rotatable bonds is 3. The van der Waals surface area contributed by atoms with Crippen LogP contribution in [0.5, 0.6) is 0 Å². The number of nitrogens with zero attached hydrogens (tertiary/aromatic N) is 2. The summed E-state index contributed by atoms with van der Waals surface area (Å²) >= 11 is 1.76. The van der Waals surface area contributed by atoms with Gasteiger partial charge in [0.25, 0.3) is 0 Å². The summed E-state index contributed by atoms with van der Waals surface area (Å²) in [6, 6.07) is 17.6. The maximum atomic E-state index is 6.19. The summed E-state index contributed by atoms with van der Waals surface area (Å²) in [5.41, 5.74) is 5.79. The zero-order chi connectivity index (χ0) is 24.5. The Morgan fingerprint density at radius 1 is 0.943 bits per heavy atom. The second kappa shape index (κ2) is 7.89. The molecule has 0 spiro atoms. The fourth-order valence-corrected chi connectivity index (χ4v) is 6.58. The number of aryl methyl sites for hydroxylation is 1. The normalized spacial score (nSPS) is 12.7. The highest BCUT2D eigenvalue weighted by molar-refractivity contribution is 7.26. The Morgan fingerprint density at radius 2 is 1.74 bits per heavy atom. The van der Waals surface area contributed by atoms with Crippen molar-refractivity contribution in [3.63, 3.8) is 0 Å². The third-order valence-corrected chi connectivity index (χ3v) is 8.08. The van der Waals surface area contributed by atoms with Gasteiger partial charge in [-0.15, -0.1) is 11.3 Å². The van der Waals surface area contributed by atoms with Crippen LogP contribution in [0.1, 0.15) is 51.5 Å². The first-order valence-corrected chi connectivity index (χ1v) is 13.2. The van der Waals surface area contributed by atoms with E-state index in [0.29, 0.717) is 5.92 Å². The molecule has 3 heterocycles. The Kier molecular flexibility index (Phi) is 5.01. The lowest BCUT2D eigenvalue weighted by molar-refractivity contribution is 0.560. The fourth-order valence-electron chi connectivity index (χ4n) is 5.37. The quantitative estimate of drug-likeness (QED) is 0.254. The second-order valence-electron chi connectivity index (χ2n) is 11.0. The first-order valence-electron chi connectivity index (χ1n) is 12.3. The molecule has 0 amide bonds.